The zero-order valence-electron chi connectivity index (χ0n) is 31.7. The van der Waals surface area contributed by atoms with Crippen LogP contribution >= 0.6 is 0 Å². The summed E-state index contributed by atoms with van der Waals surface area (Å²) >= 11 is 0. The molecule has 1 saturated heterocycles. The summed E-state index contributed by atoms with van der Waals surface area (Å²) in [6.45, 7) is 1.88. The molecule has 0 spiro atoms. The predicted octanol–water partition coefficient (Wildman–Crippen LogP) is 3.57. The number of methoxy groups -OCH3 is 1. The molecule has 17 nitrogen and oxygen atoms in total. The van der Waals surface area contributed by atoms with E-state index in [1.807, 2.05) is 59.5 Å². The Kier molecular flexibility index (Phi) is 13.4. The number of halogens is 3. The minimum atomic E-state index is -5.08. The number of aliphatic hydroxyl groups excluding tert-OH is 2. The molecule has 5 atom stereocenters. The van der Waals surface area contributed by atoms with E-state index in [-0.39, 0.29) is 24.4 Å². The first kappa shape index (κ1) is 42.1. The van der Waals surface area contributed by atoms with Crippen molar-refractivity contribution in [1.29, 1.82) is 0 Å². The number of alkyl carbamates (subject to hydrolysis) is 1. The van der Waals surface area contributed by atoms with E-state index in [0.717, 1.165) is 16.8 Å². The molecule has 2 fully saturated rings. The highest BCUT2D eigenvalue weighted by Crippen LogP contribution is 2.35. The van der Waals surface area contributed by atoms with Crippen molar-refractivity contribution in [3.05, 3.63) is 108 Å². The van der Waals surface area contributed by atoms with E-state index in [1.165, 1.54) is 7.11 Å². The third-order valence-electron chi connectivity index (χ3n) is 9.99. The van der Waals surface area contributed by atoms with Crippen LogP contribution in [0.2, 0.25) is 0 Å². The van der Waals surface area contributed by atoms with Crippen molar-refractivity contribution in [3.8, 4) is 0 Å². The lowest BCUT2D eigenvalue weighted by Gasteiger charge is -2.22. The van der Waals surface area contributed by atoms with Crippen LogP contribution in [0.1, 0.15) is 41.6 Å². The average Bonchev–Trinajstić information content (AvgIpc) is 3.96. The maximum atomic E-state index is 12.8. The number of aliphatic hydroxyl groups is 2. The van der Waals surface area contributed by atoms with Gasteiger partial charge in [-0.25, -0.2) is 19.4 Å². The lowest BCUT2D eigenvalue weighted by atomic mass is 9.91. The number of carbonyl (C=O) groups is 3. The summed E-state index contributed by atoms with van der Waals surface area (Å²) < 4.78 is 38.2. The molecule has 59 heavy (non-hydrogen) atoms. The van der Waals surface area contributed by atoms with Crippen molar-refractivity contribution in [2.24, 2.45) is 0 Å². The Morgan fingerprint density at radius 1 is 0.915 bits per heavy atom. The largest absolute Gasteiger partial charge is 0.490 e. The second kappa shape index (κ2) is 18.8. The van der Waals surface area contributed by atoms with Gasteiger partial charge in [-0.15, -0.1) is 0 Å². The molecule has 312 valence electrons. The maximum Gasteiger partial charge on any atom is 0.490 e. The smallest absolute Gasteiger partial charge is 0.475 e. The number of anilines is 2. The highest BCUT2D eigenvalue weighted by molar-refractivity contribution is 5.85. The van der Waals surface area contributed by atoms with Gasteiger partial charge in [0.1, 0.15) is 12.2 Å². The van der Waals surface area contributed by atoms with Gasteiger partial charge in [0.25, 0.3) is 0 Å². The SMILES string of the molecule is COC(=O)N[C@H]1C[C@@H](n2cnc3c(NCC(c4ccccc4)c4ccccc4)nc(N4CC[C@@H](NC(=O)NCc5ccccn5)C4)nc32)[C@H](O)[C@@H]1O.O=C(O)C(F)(F)F. The molecule has 20 heteroatoms. The summed E-state index contributed by atoms with van der Waals surface area (Å²) in [5, 5.41) is 41.2. The number of aromatic nitrogens is 5. The van der Waals surface area contributed by atoms with Crippen molar-refractivity contribution in [3.63, 3.8) is 0 Å². The second-order valence-electron chi connectivity index (χ2n) is 13.9. The number of pyridine rings is 1. The number of aliphatic carboxylic acids is 1. The molecule has 1 saturated carbocycles. The second-order valence-corrected chi connectivity index (χ2v) is 13.9. The van der Waals surface area contributed by atoms with Crippen LogP contribution in [-0.2, 0) is 16.1 Å². The van der Waals surface area contributed by atoms with E-state index in [9.17, 15) is 33.0 Å². The molecule has 2 aromatic carbocycles. The van der Waals surface area contributed by atoms with Gasteiger partial charge in [-0.3, -0.25) is 4.98 Å². The Balaban J connectivity index is 0.000000768. The molecule has 7 rings (SSSR count). The molecule has 0 unspecified atom stereocenters. The summed E-state index contributed by atoms with van der Waals surface area (Å²) in [6, 6.07) is 24.2. The highest BCUT2D eigenvalue weighted by atomic mass is 19.4. The molecule has 2 aliphatic rings. The molecule has 0 bridgehead atoms. The number of carbonyl (C=O) groups excluding carboxylic acids is 2. The van der Waals surface area contributed by atoms with Gasteiger partial charge in [-0.2, -0.15) is 23.1 Å². The van der Waals surface area contributed by atoms with Crippen molar-refractivity contribution in [1.82, 2.24) is 40.5 Å². The Bertz CT molecular complexity index is 2140. The third-order valence-corrected chi connectivity index (χ3v) is 9.99. The number of alkyl halides is 3. The minimum Gasteiger partial charge on any atom is -0.475 e. The number of nitrogens with zero attached hydrogens (tertiary/aromatic N) is 6. The lowest BCUT2D eigenvalue weighted by molar-refractivity contribution is -0.192. The van der Waals surface area contributed by atoms with Crippen LogP contribution in [0.4, 0.5) is 34.5 Å². The molecule has 1 aliphatic heterocycles. The maximum absolute atomic E-state index is 12.8. The van der Waals surface area contributed by atoms with E-state index < -0.39 is 42.5 Å². The Hall–Kier alpha value is -6.54. The van der Waals surface area contributed by atoms with E-state index in [0.29, 0.717) is 55.5 Å². The van der Waals surface area contributed by atoms with Crippen LogP contribution in [0.5, 0.6) is 0 Å². The van der Waals surface area contributed by atoms with E-state index >= 15 is 0 Å². The number of urea groups is 1. The standard InChI is InChI=1S/C37H42N10O5.C2HF3O2/c1-52-37(51)43-28-18-29(32(49)31(28)48)47-22-41-30-33(39-20-27(23-10-4-2-5-11-23)24-12-6-3-7-13-24)44-35(45-34(30)47)46-17-15-26(21-46)42-36(50)40-19-25-14-8-9-16-38-25;3-2(4,5)1(6)7/h2-14,16,22,26-29,31-32,48-49H,15,17-21H2,1H3,(H,43,51)(H,39,44,45)(H2,40,42,50);(H,6,7)/t26-,28+,29-,31-,32+;/m1./s1. The molecular formula is C39H43F3N10O7. The molecule has 3 aromatic heterocycles. The molecule has 0 radical (unpaired) electrons. The van der Waals surface area contributed by atoms with Crippen molar-refractivity contribution >= 4 is 41.0 Å². The Morgan fingerprint density at radius 2 is 1.58 bits per heavy atom. The number of nitrogens with one attached hydrogen (secondary N) is 4. The van der Waals surface area contributed by atoms with Crippen LogP contribution in [0.15, 0.2) is 91.4 Å². The lowest BCUT2D eigenvalue weighted by Crippen LogP contribution is -2.43. The number of carboxylic acids is 1. The van der Waals surface area contributed by atoms with Gasteiger partial charge < -0.3 is 50.8 Å². The Labute approximate surface area is 335 Å². The van der Waals surface area contributed by atoms with Crippen molar-refractivity contribution < 1.29 is 47.6 Å². The number of imidazole rings is 1. The van der Waals surface area contributed by atoms with E-state index in [2.05, 4.69) is 50.5 Å². The summed E-state index contributed by atoms with van der Waals surface area (Å²) in [5.41, 5.74) is 4.00. The predicted molar refractivity (Wildman–Crippen MR) is 207 cm³/mol. The van der Waals surface area contributed by atoms with Crippen LogP contribution in [0.3, 0.4) is 0 Å². The quantitative estimate of drug-likeness (QED) is 0.101. The summed E-state index contributed by atoms with van der Waals surface area (Å²) in [7, 11) is 1.24. The average molecular weight is 821 g/mol. The van der Waals surface area contributed by atoms with E-state index in [4.69, 9.17) is 29.6 Å². The van der Waals surface area contributed by atoms with Crippen molar-refractivity contribution in [2.75, 3.05) is 37.0 Å². The van der Waals surface area contributed by atoms with Crippen molar-refractivity contribution in [2.45, 2.75) is 61.8 Å². The fourth-order valence-electron chi connectivity index (χ4n) is 7.02. The van der Waals surface area contributed by atoms with Gasteiger partial charge in [0.2, 0.25) is 5.95 Å². The van der Waals surface area contributed by atoms with Crippen LogP contribution in [0, 0.1) is 0 Å². The molecule has 1 aliphatic carbocycles. The Morgan fingerprint density at radius 3 is 2.19 bits per heavy atom. The van der Waals surface area contributed by atoms with Crippen LogP contribution in [0.25, 0.3) is 11.2 Å². The number of fused-ring (bicyclic) bond motifs is 1. The number of rotatable bonds is 11. The first-order valence-corrected chi connectivity index (χ1v) is 18.6. The third kappa shape index (κ3) is 10.5. The topological polar surface area (TPSA) is 229 Å². The normalized spacial score (nSPS) is 20.1. The van der Waals surface area contributed by atoms with Gasteiger partial charge in [-0.1, -0.05) is 66.7 Å². The zero-order valence-corrected chi connectivity index (χ0v) is 31.7. The number of carboxylic acid groups (broad SMARTS) is 1. The van der Waals surface area contributed by atoms with E-state index in [1.54, 1.807) is 17.1 Å². The van der Waals surface area contributed by atoms with Crippen LogP contribution in [-0.4, -0.2) is 115 Å². The molecule has 5 aromatic rings. The summed E-state index contributed by atoms with van der Waals surface area (Å²) in [5.74, 6) is -1.81. The van der Waals surface area contributed by atoms with Crippen LogP contribution < -0.4 is 26.2 Å². The molecule has 3 amide bonds. The number of hydrogen-bond donors (Lipinski definition) is 7. The first-order valence-electron chi connectivity index (χ1n) is 18.6. The van der Waals surface area contributed by atoms with Gasteiger partial charge in [0.15, 0.2) is 17.0 Å². The minimum absolute atomic E-state index is 0.000118. The number of hydrogen-bond acceptors (Lipinski definition) is 12. The zero-order chi connectivity index (χ0) is 42.1. The first-order chi connectivity index (χ1) is 28.3. The van der Waals surface area contributed by atoms with Gasteiger partial charge in [0, 0.05) is 37.8 Å². The van der Waals surface area contributed by atoms with Gasteiger partial charge in [0.05, 0.1) is 37.8 Å². The number of ether oxygens (including phenoxy) is 1. The highest BCUT2D eigenvalue weighted by Gasteiger charge is 2.44. The molecule has 7 N–H and O–H groups in total. The fourth-order valence-corrected chi connectivity index (χ4v) is 7.02. The monoisotopic (exact) mass is 820 g/mol. The number of amides is 3. The summed E-state index contributed by atoms with van der Waals surface area (Å²) in [4.78, 5) is 54.5. The molecular weight excluding hydrogens is 777 g/mol. The van der Waals surface area contributed by atoms with Gasteiger partial charge in [-0.05, 0) is 36.1 Å². The number of benzene rings is 2. The van der Waals surface area contributed by atoms with Gasteiger partial charge >= 0.3 is 24.3 Å². The fraction of sp³-hybridized carbons (Fsp3) is 0.359. The summed E-state index contributed by atoms with van der Waals surface area (Å²) in [6.07, 6.45) is -4.05. The molecule has 4 heterocycles.